The predicted octanol–water partition coefficient (Wildman–Crippen LogP) is 2.43. The number of anilines is 1. The van der Waals surface area contributed by atoms with Crippen LogP contribution in [0.4, 0.5) is 5.82 Å². The first-order valence-corrected chi connectivity index (χ1v) is 13.6. The second-order valence-corrected chi connectivity index (χ2v) is 10.2. The molecule has 0 radical (unpaired) electrons. The van der Waals surface area contributed by atoms with Crippen molar-refractivity contribution in [2.75, 3.05) is 20.0 Å². The third-order valence-corrected chi connectivity index (χ3v) is 7.58. The molecule has 0 bridgehead atoms. The minimum absolute atomic E-state index is 0.0117. The van der Waals surface area contributed by atoms with E-state index in [0.29, 0.717) is 28.2 Å². The molecule has 4 N–H and O–H groups in total. The molecule has 5 rings (SSSR count). The summed E-state index contributed by atoms with van der Waals surface area (Å²) < 4.78 is 24.7. The van der Waals surface area contributed by atoms with Crippen LogP contribution in [0, 0.1) is 0 Å². The largest absolute Gasteiger partial charge is 0.497 e. The molecule has 1 aliphatic rings. The lowest BCUT2D eigenvalue weighted by atomic mass is 9.79. The summed E-state index contributed by atoms with van der Waals surface area (Å²) in [5.74, 6) is 0.752. The lowest BCUT2D eigenvalue weighted by Gasteiger charge is -2.40. The van der Waals surface area contributed by atoms with Crippen molar-refractivity contribution in [1.82, 2.24) is 9.55 Å². The molecule has 1 fully saturated rings. The number of methoxy groups -OCH3 is 2. The van der Waals surface area contributed by atoms with Gasteiger partial charge >= 0.3 is 5.69 Å². The highest BCUT2D eigenvalue weighted by Crippen LogP contribution is 2.44. The van der Waals surface area contributed by atoms with Crippen molar-refractivity contribution >= 4 is 11.6 Å². The molecule has 1 unspecified atom stereocenters. The van der Waals surface area contributed by atoms with Crippen LogP contribution >= 0.6 is 0 Å². The van der Waals surface area contributed by atoms with Gasteiger partial charge in [0.1, 0.15) is 47.3 Å². The Bertz CT molecular complexity index is 1560. The van der Waals surface area contributed by atoms with E-state index in [0.717, 1.165) is 4.57 Å². The molecule has 0 amide bonds. The Hall–Kier alpha value is -4.55. The Kier molecular flexibility index (Phi) is 8.60. The van der Waals surface area contributed by atoms with Crippen molar-refractivity contribution < 1.29 is 34.0 Å². The van der Waals surface area contributed by atoms with Crippen molar-refractivity contribution in [2.24, 2.45) is 0 Å². The molecule has 1 saturated heterocycles. The highest BCUT2D eigenvalue weighted by atomic mass is 16.6. The van der Waals surface area contributed by atoms with E-state index >= 15 is 0 Å². The molecule has 11 heteroatoms. The number of nitrogens with two attached hydrogens (primary N) is 1. The molecule has 0 saturated carbocycles. The van der Waals surface area contributed by atoms with E-state index in [1.54, 1.807) is 38.5 Å². The lowest BCUT2D eigenvalue weighted by molar-refractivity contribution is -0.164. The SMILES string of the molecule is COc1ccc(C(OC(C(C)=O)[C@H]2O[C@@H](n3ccc(N)nc3=O)[C@@H](O)[C@@H]2O)(c2ccccc2)c2ccc(OC)cc2)cc1. The second-order valence-electron chi connectivity index (χ2n) is 10.2. The van der Waals surface area contributed by atoms with E-state index in [1.165, 1.54) is 19.2 Å². The van der Waals surface area contributed by atoms with Gasteiger partial charge in [0.15, 0.2) is 12.0 Å². The molecule has 4 aromatic rings. The van der Waals surface area contributed by atoms with E-state index in [2.05, 4.69) is 4.98 Å². The van der Waals surface area contributed by atoms with Gasteiger partial charge in [-0.25, -0.2) is 4.79 Å². The van der Waals surface area contributed by atoms with Gasteiger partial charge in [0.25, 0.3) is 0 Å². The summed E-state index contributed by atoms with van der Waals surface area (Å²) in [6.07, 6.45) is -5.98. The maximum atomic E-state index is 13.4. The molecule has 1 aliphatic heterocycles. The highest BCUT2D eigenvalue weighted by Gasteiger charge is 2.52. The summed E-state index contributed by atoms with van der Waals surface area (Å²) in [5.41, 5.74) is 5.40. The number of carbonyl (C=O) groups excluding carboxylic acids is 1. The maximum Gasteiger partial charge on any atom is 0.351 e. The van der Waals surface area contributed by atoms with Crippen molar-refractivity contribution in [3.8, 4) is 11.5 Å². The summed E-state index contributed by atoms with van der Waals surface area (Å²) in [6, 6.07) is 25.1. The van der Waals surface area contributed by atoms with Gasteiger partial charge in [0, 0.05) is 6.20 Å². The fraction of sp³-hybridized carbons (Fsp3) is 0.281. The summed E-state index contributed by atoms with van der Waals surface area (Å²) in [5, 5.41) is 22.2. The number of nitrogens with zero attached hydrogens (tertiary/aromatic N) is 2. The molecule has 1 aromatic heterocycles. The van der Waals surface area contributed by atoms with Crippen LogP contribution in [0.3, 0.4) is 0 Å². The van der Waals surface area contributed by atoms with Gasteiger partial charge in [-0.1, -0.05) is 54.6 Å². The first kappa shape index (κ1) is 29.9. The molecular weight excluding hydrogens is 554 g/mol. The van der Waals surface area contributed by atoms with Crippen LogP contribution in [0.15, 0.2) is 95.9 Å². The standard InChI is InChI=1S/C32H33N3O8/c1-19(36)28(29-26(37)27(38)30(42-29)35-18-17-25(33)34-31(35)39)43-32(20-7-5-4-6-8-20,21-9-13-23(40-2)14-10-21)22-11-15-24(41-3)16-12-22/h4-18,26-30,37-38H,1-3H3,(H2,33,34,39)/t26-,27-,28?,29-,30+/m0/s1. The number of aliphatic hydroxyl groups excluding tert-OH is 2. The summed E-state index contributed by atoms with van der Waals surface area (Å²) in [4.78, 5) is 29.6. The third-order valence-electron chi connectivity index (χ3n) is 7.58. The number of rotatable bonds is 10. The second kappa shape index (κ2) is 12.4. The summed E-state index contributed by atoms with van der Waals surface area (Å²) in [6.45, 7) is 1.31. The Morgan fingerprint density at radius 1 is 0.884 bits per heavy atom. The topological polar surface area (TPSA) is 155 Å². The van der Waals surface area contributed by atoms with Crippen molar-refractivity contribution in [3.05, 3.63) is 118 Å². The van der Waals surface area contributed by atoms with Crippen molar-refractivity contribution in [1.29, 1.82) is 0 Å². The molecule has 0 aliphatic carbocycles. The number of ether oxygens (including phenoxy) is 4. The molecule has 2 heterocycles. The average molecular weight is 588 g/mol. The fourth-order valence-corrected chi connectivity index (χ4v) is 5.39. The smallest absolute Gasteiger partial charge is 0.351 e. The normalized spacial score (nSPS) is 20.9. The van der Waals surface area contributed by atoms with E-state index < -0.39 is 47.7 Å². The van der Waals surface area contributed by atoms with Gasteiger partial charge in [0.05, 0.1) is 14.2 Å². The monoisotopic (exact) mass is 587 g/mol. The van der Waals surface area contributed by atoms with Crippen LogP contribution < -0.4 is 20.9 Å². The van der Waals surface area contributed by atoms with Crippen molar-refractivity contribution in [2.45, 2.75) is 43.2 Å². The van der Waals surface area contributed by atoms with Crippen LogP contribution in [0.25, 0.3) is 0 Å². The molecular formula is C32H33N3O8. The van der Waals surface area contributed by atoms with Crippen molar-refractivity contribution in [3.63, 3.8) is 0 Å². The zero-order valence-electron chi connectivity index (χ0n) is 23.9. The van der Waals surface area contributed by atoms with E-state index in [1.807, 2.05) is 54.6 Å². The quantitative estimate of drug-likeness (QED) is 0.236. The van der Waals surface area contributed by atoms with Crippen LogP contribution in [-0.2, 0) is 19.9 Å². The number of carbonyl (C=O) groups is 1. The number of hydrogen-bond donors (Lipinski definition) is 3. The Balaban J connectivity index is 1.66. The number of hydrogen-bond acceptors (Lipinski definition) is 10. The van der Waals surface area contributed by atoms with Gasteiger partial charge in [-0.3, -0.25) is 9.36 Å². The summed E-state index contributed by atoms with van der Waals surface area (Å²) in [7, 11) is 3.13. The van der Waals surface area contributed by atoms with E-state index in [-0.39, 0.29) is 5.82 Å². The van der Waals surface area contributed by atoms with Gasteiger partial charge < -0.3 is 34.9 Å². The van der Waals surface area contributed by atoms with Gasteiger partial charge in [-0.15, -0.1) is 0 Å². The zero-order valence-corrected chi connectivity index (χ0v) is 23.9. The average Bonchev–Trinajstić information content (AvgIpc) is 3.31. The first-order valence-electron chi connectivity index (χ1n) is 13.6. The van der Waals surface area contributed by atoms with Gasteiger partial charge in [0.2, 0.25) is 0 Å². The van der Waals surface area contributed by atoms with Crippen LogP contribution in [0.2, 0.25) is 0 Å². The van der Waals surface area contributed by atoms with Crippen LogP contribution in [0.5, 0.6) is 11.5 Å². The predicted molar refractivity (Wildman–Crippen MR) is 157 cm³/mol. The summed E-state index contributed by atoms with van der Waals surface area (Å²) >= 11 is 0. The fourth-order valence-electron chi connectivity index (χ4n) is 5.39. The number of aromatic nitrogens is 2. The Morgan fingerprint density at radius 3 is 1.91 bits per heavy atom. The lowest BCUT2D eigenvalue weighted by Crippen LogP contribution is -2.49. The van der Waals surface area contributed by atoms with Gasteiger partial charge in [-0.2, -0.15) is 4.98 Å². The van der Waals surface area contributed by atoms with E-state index in [4.69, 9.17) is 24.7 Å². The number of aliphatic hydroxyl groups is 2. The van der Waals surface area contributed by atoms with Crippen LogP contribution in [0.1, 0.15) is 29.8 Å². The molecule has 0 spiro atoms. The number of benzene rings is 3. The minimum Gasteiger partial charge on any atom is -0.497 e. The minimum atomic E-state index is -1.59. The van der Waals surface area contributed by atoms with Crippen LogP contribution in [-0.4, -0.2) is 64.2 Å². The first-order chi connectivity index (χ1) is 20.7. The van der Waals surface area contributed by atoms with Gasteiger partial charge in [-0.05, 0) is 53.9 Å². The molecule has 5 atom stereocenters. The molecule has 3 aromatic carbocycles. The maximum absolute atomic E-state index is 13.4. The molecule has 43 heavy (non-hydrogen) atoms. The number of Topliss-reactive ketones (excluding diaryl/α,β-unsaturated/α-hetero) is 1. The molecule has 224 valence electrons. The third kappa shape index (κ3) is 5.63. The van der Waals surface area contributed by atoms with E-state index in [9.17, 15) is 19.8 Å². The zero-order chi connectivity index (χ0) is 30.7. The number of nitrogen functional groups attached to an aromatic ring is 1. The number of ketones is 1. The highest BCUT2D eigenvalue weighted by molar-refractivity contribution is 5.81. The molecule has 11 nitrogen and oxygen atoms in total. The Labute approximate surface area is 248 Å². The Morgan fingerprint density at radius 2 is 1.42 bits per heavy atom.